The van der Waals surface area contributed by atoms with E-state index in [4.69, 9.17) is 0 Å². The van der Waals surface area contributed by atoms with Gasteiger partial charge in [-0.2, -0.15) is 0 Å². The first-order valence-corrected chi connectivity index (χ1v) is 7.34. The third-order valence-electron chi connectivity index (χ3n) is 3.71. The molecule has 114 valence electrons. The van der Waals surface area contributed by atoms with E-state index in [1.807, 2.05) is 49.7 Å². The summed E-state index contributed by atoms with van der Waals surface area (Å²) in [4.78, 5) is 16.3. The maximum Gasteiger partial charge on any atom is 0.222 e. The molecule has 5 nitrogen and oxygen atoms in total. The summed E-state index contributed by atoms with van der Waals surface area (Å²) in [6.07, 6.45) is 0.246. The molecule has 2 rings (SSSR count). The number of carbonyl (C=O) groups is 1. The molecule has 2 aromatic rings. The number of carbonyl (C=O) groups excluding carboxylic acids is 1. The van der Waals surface area contributed by atoms with Gasteiger partial charge in [-0.3, -0.25) is 4.79 Å². The van der Waals surface area contributed by atoms with E-state index in [9.17, 15) is 9.90 Å². The van der Waals surface area contributed by atoms with Crippen molar-refractivity contribution < 1.29 is 9.90 Å². The minimum atomic E-state index is -0.583. The van der Waals surface area contributed by atoms with E-state index in [2.05, 4.69) is 10.3 Å². The average Bonchev–Trinajstić information content (AvgIpc) is 2.76. The molecule has 5 heteroatoms. The molecule has 21 heavy (non-hydrogen) atoms. The molecule has 0 aliphatic heterocycles. The van der Waals surface area contributed by atoms with Crippen LogP contribution in [-0.4, -0.2) is 33.2 Å². The molecule has 0 aliphatic carbocycles. The van der Waals surface area contributed by atoms with Gasteiger partial charge in [-0.05, 0) is 18.1 Å². The predicted molar refractivity (Wildman–Crippen MR) is 82.9 cm³/mol. The van der Waals surface area contributed by atoms with Crippen molar-refractivity contribution in [2.45, 2.75) is 32.8 Å². The summed E-state index contributed by atoms with van der Waals surface area (Å²) in [5.41, 5.74) is 2.06. The summed E-state index contributed by atoms with van der Waals surface area (Å²) in [7, 11) is 1.98. The number of aliphatic hydroxyl groups excluding tert-OH is 1. The molecule has 2 N–H and O–H groups in total. The Morgan fingerprint density at radius 1 is 1.38 bits per heavy atom. The van der Waals surface area contributed by atoms with Gasteiger partial charge in [0, 0.05) is 20.0 Å². The van der Waals surface area contributed by atoms with Crippen LogP contribution >= 0.6 is 0 Å². The summed E-state index contributed by atoms with van der Waals surface area (Å²) in [5.74, 6) is 0.923. The fourth-order valence-corrected chi connectivity index (χ4v) is 2.23. The smallest absolute Gasteiger partial charge is 0.222 e. The minimum Gasteiger partial charge on any atom is -0.392 e. The molecule has 1 amide bonds. The zero-order valence-corrected chi connectivity index (χ0v) is 12.8. The lowest BCUT2D eigenvalue weighted by atomic mass is 10.0. The minimum absolute atomic E-state index is 0.0931. The van der Waals surface area contributed by atoms with Gasteiger partial charge in [0.05, 0.1) is 23.6 Å². The molecule has 1 aromatic carbocycles. The lowest BCUT2D eigenvalue weighted by molar-refractivity contribution is -0.123. The van der Waals surface area contributed by atoms with Crippen LogP contribution in [0.2, 0.25) is 0 Å². The van der Waals surface area contributed by atoms with Gasteiger partial charge in [0.15, 0.2) is 0 Å². The van der Waals surface area contributed by atoms with E-state index in [1.165, 1.54) is 0 Å². The summed E-state index contributed by atoms with van der Waals surface area (Å²) in [5, 5.41) is 12.5. The molecule has 0 bridgehead atoms. The highest BCUT2D eigenvalue weighted by Gasteiger charge is 2.14. The number of aryl methyl sites for hydroxylation is 1. The maximum absolute atomic E-state index is 11.7. The Hall–Kier alpha value is -1.88. The standard InChI is InChI=1S/C16H23N3O2/c1-11(2)14(20)10-16(21)17-9-8-15-18-12-6-4-5-7-13(12)19(15)3/h4-7,11,14,20H,8-10H2,1-3H3,(H,17,21). The van der Waals surface area contributed by atoms with E-state index in [1.54, 1.807) is 0 Å². The van der Waals surface area contributed by atoms with Crippen LogP contribution in [0.5, 0.6) is 0 Å². The second-order valence-corrected chi connectivity index (χ2v) is 5.69. The second-order valence-electron chi connectivity index (χ2n) is 5.69. The maximum atomic E-state index is 11.7. The highest BCUT2D eigenvalue weighted by Crippen LogP contribution is 2.14. The van der Waals surface area contributed by atoms with E-state index in [0.717, 1.165) is 16.9 Å². The summed E-state index contributed by atoms with van der Waals surface area (Å²) < 4.78 is 2.05. The zero-order chi connectivity index (χ0) is 15.4. The van der Waals surface area contributed by atoms with Gasteiger partial charge in [-0.15, -0.1) is 0 Å². The van der Waals surface area contributed by atoms with Gasteiger partial charge in [-0.25, -0.2) is 4.98 Å². The Kier molecular flexibility index (Phi) is 4.96. The quantitative estimate of drug-likeness (QED) is 0.849. The summed E-state index contributed by atoms with van der Waals surface area (Å²) in [6.45, 7) is 4.33. The van der Waals surface area contributed by atoms with Crippen molar-refractivity contribution in [3.63, 3.8) is 0 Å². The van der Waals surface area contributed by atoms with Gasteiger partial charge in [-0.1, -0.05) is 26.0 Å². The molecule has 0 aliphatic rings. The Labute approximate surface area is 125 Å². The Bertz CT molecular complexity index is 619. The highest BCUT2D eigenvalue weighted by molar-refractivity contribution is 5.77. The van der Waals surface area contributed by atoms with Crippen LogP contribution in [0.25, 0.3) is 11.0 Å². The Morgan fingerprint density at radius 2 is 2.10 bits per heavy atom. The van der Waals surface area contributed by atoms with Crippen molar-refractivity contribution >= 4 is 16.9 Å². The first kappa shape index (κ1) is 15.5. The molecule has 0 fully saturated rings. The number of amides is 1. The second kappa shape index (κ2) is 6.72. The van der Waals surface area contributed by atoms with E-state index < -0.39 is 6.10 Å². The first-order valence-electron chi connectivity index (χ1n) is 7.34. The lowest BCUT2D eigenvalue weighted by Gasteiger charge is -2.13. The number of para-hydroxylation sites is 2. The molecule has 0 spiro atoms. The zero-order valence-electron chi connectivity index (χ0n) is 12.8. The van der Waals surface area contributed by atoms with Crippen molar-refractivity contribution in [2.75, 3.05) is 6.54 Å². The van der Waals surface area contributed by atoms with Crippen molar-refractivity contribution in [3.8, 4) is 0 Å². The molecule has 0 radical (unpaired) electrons. The van der Waals surface area contributed by atoms with Crippen molar-refractivity contribution in [1.29, 1.82) is 0 Å². The molecular weight excluding hydrogens is 266 g/mol. The van der Waals surface area contributed by atoms with Crippen LogP contribution in [0.3, 0.4) is 0 Å². The number of imidazole rings is 1. The number of benzene rings is 1. The normalized spacial score (nSPS) is 12.8. The number of rotatable bonds is 6. The third-order valence-corrected chi connectivity index (χ3v) is 3.71. The van der Waals surface area contributed by atoms with Crippen LogP contribution < -0.4 is 5.32 Å². The van der Waals surface area contributed by atoms with Gasteiger partial charge in [0.1, 0.15) is 5.82 Å². The monoisotopic (exact) mass is 289 g/mol. The lowest BCUT2D eigenvalue weighted by Crippen LogP contribution is -2.31. The number of nitrogens with one attached hydrogen (secondary N) is 1. The third kappa shape index (κ3) is 3.82. The Morgan fingerprint density at radius 3 is 2.76 bits per heavy atom. The van der Waals surface area contributed by atoms with Crippen LogP contribution in [0.1, 0.15) is 26.1 Å². The number of hydrogen-bond donors (Lipinski definition) is 2. The topological polar surface area (TPSA) is 67.2 Å². The summed E-state index contributed by atoms with van der Waals surface area (Å²) >= 11 is 0. The molecule has 1 heterocycles. The van der Waals surface area contributed by atoms with E-state index >= 15 is 0 Å². The highest BCUT2D eigenvalue weighted by atomic mass is 16.3. The van der Waals surface area contributed by atoms with Crippen molar-refractivity contribution in [2.24, 2.45) is 13.0 Å². The number of nitrogens with zero attached hydrogens (tertiary/aromatic N) is 2. The fourth-order valence-electron chi connectivity index (χ4n) is 2.23. The Balaban J connectivity index is 1.88. The summed E-state index contributed by atoms with van der Waals surface area (Å²) in [6, 6.07) is 7.97. The van der Waals surface area contributed by atoms with Crippen molar-refractivity contribution in [1.82, 2.24) is 14.9 Å². The van der Waals surface area contributed by atoms with Gasteiger partial charge < -0.3 is 15.0 Å². The fraction of sp³-hybridized carbons (Fsp3) is 0.500. The van der Waals surface area contributed by atoms with Crippen molar-refractivity contribution in [3.05, 3.63) is 30.1 Å². The molecular formula is C16H23N3O2. The van der Waals surface area contributed by atoms with Crippen LogP contribution in [-0.2, 0) is 18.3 Å². The van der Waals surface area contributed by atoms with Gasteiger partial charge >= 0.3 is 0 Å². The van der Waals surface area contributed by atoms with Crippen LogP contribution in [0.4, 0.5) is 0 Å². The van der Waals surface area contributed by atoms with Gasteiger partial charge in [0.25, 0.3) is 0 Å². The largest absolute Gasteiger partial charge is 0.392 e. The van der Waals surface area contributed by atoms with Crippen LogP contribution in [0.15, 0.2) is 24.3 Å². The first-order chi connectivity index (χ1) is 9.99. The molecule has 1 aromatic heterocycles. The number of aromatic nitrogens is 2. The molecule has 1 atom stereocenters. The number of fused-ring (bicyclic) bond motifs is 1. The van der Waals surface area contributed by atoms with E-state index in [0.29, 0.717) is 13.0 Å². The molecule has 0 saturated carbocycles. The SMILES string of the molecule is CC(C)C(O)CC(=O)NCCc1nc2ccccc2n1C. The van der Waals surface area contributed by atoms with E-state index in [-0.39, 0.29) is 18.2 Å². The van der Waals surface area contributed by atoms with Crippen LogP contribution in [0, 0.1) is 5.92 Å². The number of aliphatic hydroxyl groups is 1. The molecule has 1 unspecified atom stereocenters. The predicted octanol–water partition coefficient (Wildman–Crippen LogP) is 1.64. The molecule has 0 saturated heterocycles. The van der Waals surface area contributed by atoms with Gasteiger partial charge in [0.2, 0.25) is 5.91 Å². The average molecular weight is 289 g/mol. The number of hydrogen-bond acceptors (Lipinski definition) is 3.